The van der Waals surface area contributed by atoms with E-state index in [0.717, 1.165) is 96.9 Å². The van der Waals surface area contributed by atoms with Gasteiger partial charge in [0.25, 0.3) is 0 Å². The fraction of sp³-hybridized carbons (Fsp3) is 0.360. The Labute approximate surface area is 402 Å². The first-order valence-corrected chi connectivity index (χ1v) is 21.5. The van der Waals surface area contributed by atoms with Crippen molar-refractivity contribution in [3.05, 3.63) is 144 Å². The molecule has 380 valence electrons. The molecule has 69 heavy (non-hydrogen) atoms. The lowest BCUT2D eigenvalue weighted by Gasteiger charge is -2.25. The van der Waals surface area contributed by atoms with E-state index in [9.17, 15) is 29.4 Å². The molecule has 4 aromatic carbocycles. The van der Waals surface area contributed by atoms with Crippen molar-refractivity contribution >= 4 is 23.9 Å². The first-order valence-electron chi connectivity index (χ1n) is 21.5. The van der Waals surface area contributed by atoms with E-state index in [4.69, 9.17) is 49.6 Å². The first-order chi connectivity index (χ1) is 32.6. The minimum atomic E-state index is -1.26. The minimum absolute atomic E-state index is 0. The number of aliphatic carboxylic acids is 4. The molecule has 0 aliphatic rings. The quantitative estimate of drug-likeness (QED) is 0.0290. The fourth-order valence-corrected chi connectivity index (χ4v) is 6.06. The van der Waals surface area contributed by atoms with Gasteiger partial charge in [-0.05, 0) is 122 Å². The standard InChI is InChI=1S/2C21H29NO4.2C4H4O4.H2O/c2*1-25-18-10-6-16(7-11-18)20(22-14-4-3-5-15-23)21(24)17-8-12-19(26-2)13-9-17;2*5-3(6)1-2-4(7)8;/h2*6-13,20-24H,3-5,14-15H2,1-2H3;2*1-2H,(H,5,6)(H,7,8);1H2/b;;2*2-1+;. The molecule has 19 heteroatoms. The van der Waals surface area contributed by atoms with Crippen molar-refractivity contribution in [2.24, 2.45) is 0 Å². The van der Waals surface area contributed by atoms with Gasteiger partial charge < -0.3 is 75.9 Å². The summed E-state index contributed by atoms with van der Waals surface area (Å²) < 4.78 is 20.8. The number of unbranched alkanes of at least 4 members (excludes halogenated alkanes) is 4. The Morgan fingerprint density at radius 3 is 0.855 bits per heavy atom. The van der Waals surface area contributed by atoms with E-state index in [2.05, 4.69) is 10.6 Å². The molecule has 4 unspecified atom stereocenters. The van der Waals surface area contributed by atoms with Crippen molar-refractivity contribution in [3.8, 4) is 23.0 Å². The molecule has 19 nitrogen and oxygen atoms in total. The van der Waals surface area contributed by atoms with Crippen molar-refractivity contribution in [2.75, 3.05) is 54.7 Å². The molecule has 0 aliphatic carbocycles. The number of aliphatic hydroxyl groups is 4. The molecule has 0 saturated carbocycles. The predicted molar refractivity (Wildman–Crippen MR) is 258 cm³/mol. The van der Waals surface area contributed by atoms with Gasteiger partial charge in [0.05, 0.1) is 52.7 Å². The van der Waals surface area contributed by atoms with Gasteiger partial charge in [-0.25, -0.2) is 19.2 Å². The lowest BCUT2D eigenvalue weighted by Crippen LogP contribution is -2.28. The summed E-state index contributed by atoms with van der Waals surface area (Å²) in [5.74, 6) is -1.93. The number of hydrogen-bond acceptors (Lipinski definition) is 14. The van der Waals surface area contributed by atoms with Crippen LogP contribution in [0.15, 0.2) is 121 Å². The van der Waals surface area contributed by atoms with E-state index >= 15 is 0 Å². The number of benzene rings is 4. The fourth-order valence-electron chi connectivity index (χ4n) is 6.06. The summed E-state index contributed by atoms with van der Waals surface area (Å²) in [6.07, 6.45) is 6.26. The van der Waals surface area contributed by atoms with Crippen LogP contribution in [0.5, 0.6) is 23.0 Å². The van der Waals surface area contributed by atoms with Gasteiger partial charge >= 0.3 is 23.9 Å². The minimum Gasteiger partial charge on any atom is -0.497 e. The van der Waals surface area contributed by atoms with Gasteiger partial charge in [0.1, 0.15) is 23.0 Å². The third-order valence-electron chi connectivity index (χ3n) is 9.63. The normalized spacial score (nSPS) is 12.2. The number of ether oxygens (including phenoxy) is 4. The summed E-state index contributed by atoms with van der Waals surface area (Å²) in [4.78, 5) is 38.2. The van der Waals surface area contributed by atoms with Crippen molar-refractivity contribution in [2.45, 2.75) is 62.8 Å². The molecular weight excluding hydrogens is 901 g/mol. The molecular formula is C50H68N2O17. The number of hydrogen-bond donors (Lipinski definition) is 10. The summed E-state index contributed by atoms with van der Waals surface area (Å²) >= 11 is 0. The monoisotopic (exact) mass is 968 g/mol. The van der Waals surface area contributed by atoms with E-state index < -0.39 is 36.1 Å². The number of rotatable bonds is 26. The highest BCUT2D eigenvalue weighted by molar-refractivity contribution is 5.90. The number of nitrogens with one attached hydrogen (secondary N) is 2. The third kappa shape index (κ3) is 26.9. The zero-order chi connectivity index (χ0) is 50.7. The van der Waals surface area contributed by atoms with Crippen LogP contribution in [0.1, 0.15) is 85.1 Å². The Morgan fingerprint density at radius 1 is 0.420 bits per heavy atom. The second-order valence-electron chi connectivity index (χ2n) is 14.4. The van der Waals surface area contributed by atoms with Crippen LogP contribution in [-0.4, -0.2) is 125 Å². The molecule has 0 bridgehead atoms. The van der Waals surface area contributed by atoms with Crippen LogP contribution >= 0.6 is 0 Å². The van der Waals surface area contributed by atoms with Gasteiger partial charge in [-0.3, -0.25) is 0 Å². The average molecular weight is 969 g/mol. The van der Waals surface area contributed by atoms with Crippen LogP contribution < -0.4 is 29.6 Å². The molecule has 4 aromatic rings. The van der Waals surface area contributed by atoms with Crippen LogP contribution in [0.3, 0.4) is 0 Å². The van der Waals surface area contributed by atoms with Gasteiger partial charge in [-0.2, -0.15) is 0 Å². The molecule has 12 N–H and O–H groups in total. The Hall–Kier alpha value is -6.84. The second kappa shape index (κ2) is 37.2. The SMILES string of the molecule is COc1ccc(C(O)C(NCCCCCO)c2ccc(OC)cc2)cc1.COc1ccc(C(O)C(NCCCCCO)c2ccc(OC)cc2)cc1.O.O=C(O)/C=C/C(=O)O.O=C(O)/C=C/C(=O)O. The zero-order valence-electron chi connectivity index (χ0n) is 39.3. The second-order valence-corrected chi connectivity index (χ2v) is 14.4. The lowest BCUT2D eigenvalue weighted by molar-refractivity contribution is -0.134. The zero-order valence-corrected chi connectivity index (χ0v) is 39.3. The summed E-state index contributed by atoms with van der Waals surface area (Å²) in [7, 11) is 6.52. The number of aliphatic hydroxyl groups excluding tert-OH is 4. The van der Waals surface area contributed by atoms with E-state index in [1.165, 1.54) is 0 Å². The molecule has 4 rings (SSSR count). The molecule has 0 heterocycles. The van der Waals surface area contributed by atoms with E-state index in [1.807, 2.05) is 97.1 Å². The Morgan fingerprint density at radius 2 is 0.652 bits per heavy atom. The lowest BCUT2D eigenvalue weighted by atomic mass is 9.95. The van der Waals surface area contributed by atoms with Gasteiger partial charge in [-0.1, -0.05) is 48.5 Å². The van der Waals surface area contributed by atoms with E-state index in [1.54, 1.807) is 28.4 Å². The molecule has 0 amide bonds. The molecule has 0 spiro atoms. The summed E-state index contributed by atoms with van der Waals surface area (Å²) in [5.41, 5.74) is 3.65. The molecule has 0 saturated heterocycles. The number of carbonyl (C=O) groups is 4. The molecule has 0 aromatic heterocycles. The van der Waals surface area contributed by atoms with Crippen molar-refractivity contribution < 1.29 is 84.5 Å². The smallest absolute Gasteiger partial charge is 0.328 e. The van der Waals surface area contributed by atoms with Crippen molar-refractivity contribution in [1.82, 2.24) is 10.6 Å². The van der Waals surface area contributed by atoms with Gasteiger partial charge in [0.2, 0.25) is 0 Å². The number of methoxy groups -OCH3 is 4. The number of carboxylic acids is 4. The Kier molecular flexibility index (Phi) is 33.5. The maximum absolute atomic E-state index is 11.0. The molecule has 0 fully saturated rings. The van der Waals surface area contributed by atoms with Crippen LogP contribution in [0, 0.1) is 0 Å². The Bertz CT molecular complexity index is 1880. The maximum atomic E-state index is 11.0. The van der Waals surface area contributed by atoms with Crippen LogP contribution in [-0.2, 0) is 19.2 Å². The van der Waals surface area contributed by atoms with Crippen LogP contribution in [0.2, 0.25) is 0 Å². The van der Waals surface area contributed by atoms with Gasteiger partial charge in [-0.15, -0.1) is 0 Å². The van der Waals surface area contributed by atoms with Crippen LogP contribution in [0.4, 0.5) is 0 Å². The van der Waals surface area contributed by atoms with Crippen molar-refractivity contribution in [3.63, 3.8) is 0 Å². The van der Waals surface area contributed by atoms with E-state index in [0.29, 0.717) is 24.3 Å². The molecule has 4 atom stereocenters. The van der Waals surface area contributed by atoms with E-state index in [-0.39, 0.29) is 30.8 Å². The highest BCUT2D eigenvalue weighted by Crippen LogP contribution is 2.32. The topological polar surface area (TPSA) is 323 Å². The Balaban J connectivity index is 0.00000101. The highest BCUT2D eigenvalue weighted by atomic mass is 16.5. The first kappa shape index (κ1) is 62.2. The molecule has 0 radical (unpaired) electrons. The van der Waals surface area contributed by atoms with Gasteiger partial charge in [0.15, 0.2) is 0 Å². The van der Waals surface area contributed by atoms with Crippen molar-refractivity contribution in [1.29, 1.82) is 0 Å². The highest BCUT2D eigenvalue weighted by Gasteiger charge is 2.24. The average Bonchev–Trinajstić information content (AvgIpc) is 3.35. The summed E-state index contributed by atoms with van der Waals surface area (Å²) in [6.45, 7) is 1.97. The largest absolute Gasteiger partial charge is 0.497 e. The third-order valence-corrected chi connectivity index (χ3v) is 9.63. The molecule has 0 aliphatic heterocycles. The van der Waals surface area contributed by atoms with Gasteiger partial charge in [0, 0.05) is 37.5 Å². The summed E-state index contributed by atoms with van der Waals surface area (Å²) in [6, 6.07) is 29.9. The summed E-state index contributed by atoms with van der Waals surface area (Å²) in [5, 5.41) is 77.9. The van der Waals surface area contributed by atoms with Crippen LogP contribution in [0.25, 0.3) is 0 Å². The number of carboxylic acid groups (broad SMARTS) is 4. The predicted octanol–water partition coefficient (Wildman–Crippen LogP) is 5.06. The maximum Gasteiger partial charge on any atom is 0.328 e.